The van der Waals surface area contributed by atoms with E-state index in [9.17, 15) is 18.0 Å². The third-order valence-electron chi connectivity index (χ3n) is 3.65. The van der Waals surface area contributed by atoms with E-state index < -0.39 is 17.6 Å². The van der Waals surface area contributed by atoms with Crippen LogP contribution in [0.3, 0.4) is 0 Å². The van der Waals surface area contributed by atoms with Crippen molar-refractivity contribution in [2.45, 2.75) is 25.9 Å². The van der Waals surface area contributed by atoms with E-state index in [4.69, 9.17) is 17.0 Å². The number of halogens is 4. The van der Waals surface area contributed by atoms with Crippen molar-refractivity contribution >= 4 is 51.5 Å². The first-order valence-electron chi connectivity index (χ1n) is 8.42. The molecular weight excluding hydrogens is 504 g/mol. The Morgan fingerprint density at radius 3 is 2.46 bits per heavy atom. The zero-order chi connectivity index (χ0) is 20.7. The number of hydrogen-bond acceptors (Lipinski definition) is 3. The maximum Gasteiger partial charge on any atom is 0.418 e. The standard InChI is InChI=1S/C19H18F3IN2O2S/c1-2-3-10-27-14-7-4-12(5-8-14)17(26)25-18(28)24-16-9-6-13(23)11-15(16)19(20,21)22/h4-9,11H,2-3,10H2,1H3,(H2,24,25,26,28). The summed E-state index contributed by atoms with van der Waals surface area (Å²) in [5.41, 5.74) is -0.770. The third-order valence-corrected chi connectivity index (χ3v) is 4.52. The van der Waals surface area contributed by atoms with Crippen molar-refractivity contribution in [3.05, 3.63) is 57.2 Å². The minimum absolute atomic E-state index is 0.222. The summed E-state index contributed by atoms with van der Waals surface area (Å²) >= 11 is 6.78. The van der Waals surface area contributed by atoms with Crippen molar-refractivity contribution in [2.24, 2.45) is 0 Å². The van der Waals surface area contributed by atoms with E-state index in [1.807, 2.05) is 0 Å². The molecule has 4 nitrogen and oxygen atoms in total. The van der Waals surface area contributed by atoms with Crippen molar-refractivity contribution < 1.29 is 22.7 Å². The topological polar surface area (TPSA) is 50.4 Å². The largest absolute Gasteiger partial charge is 0.494 e. The van der Waals surface area contributed by atoms with Gasteiger partial charge in [-0.15, -0.1) is 0 Å². The molecule has 0 fully saturated rings. The summed E-state index contributed by atoms with van der Waals surface area (Å²) in [6, 6.07) is 10.2. The van der Waals surface area contributed by atoms with Gasteiger partial charge in [0.25, 0.3) is 5.91 Å². The quantitative estimate of drug-likeness (QED) is 0.294. The molecule has 0 aliphatic rings. The average Bonchev–Trinajstić information content (AvgIpc) is 2.63. The molecule has 0 bridgehead atoms. The number of ether oxygens (including phenoxy) is 1. The maximum atomic E-state index is 13.2. The van der Waals surface area contributed by atoms with Gasteiger partial charge in [0.1, 0.15) is 5.75 Å². The number of hydrogen-bond donors (Lipinski definition) is 2. The van der Waals surface area contributed by atoms with Crippen LogP contribution >= 0.6 is 34.8 Å². The van der Waals surface area contributed by atoms with Crippen LogP contribution in [0.1, 0.15) is 35.7 Å². The molecule has 0 aromatic heterocycles. The van der Waals surface area contributed by atoms with Crippen LogP contribution in [0.2, 0.25) is 0 Å². The molecule has 2 rings (SSSR count). The molecule has 2 aromatic carbocycles. The highest BCUT2D eigenvalue weighted by atomic mass is 127. The van der Waals surface area contributed by atoms with E-state index >= 15 is 0 Å². The predicted molar refractivity (Wildman–Crippen MR) is 115 cm³/mol. The fourth-order valence-corrected chi connectivity index (χ4v) is 2.92. The lowest BCUT2D eigenvalue weighted by Gasteiger charge is -2.16. The Hall–Kier alpha value is -1.88. The summed E-state index contributed by atoms with van der Waals surface area (Å²) in [6.07, 6.45) is -2.60. The van der Waals surface area contributed by atoms with Gasteiger partial charge in [-0.2, -0.15) is 13.2 Å². The van der Waals surface area contributed by atoms with E-state index in [0.29, 0.717) is 21.5 Å². The Morgan fingerprint density at radius 2 is 1.86 bits per heavy atom. The summed E-state index contributed by atoms with van der Waals surface area (Å²) in [6.45, 7) is 2.65. The Labute approximate surface area is 180 Å². The number of nitrogens with one attached hydrogen (secondary N) is 2. The maximum absolute atomic E-state index is 13.2. The van der Waals surface area contributed by atoms with Gasteiger partial charge < -0.3 is 10.1 Å². The highest BCUT2D eigenvalue weighted by Crippen LogP contribution is 2.35. The molecule has 0 heterocycles. The van der Waals surface area contributed by atoms with Crippen molar-refractivity contribution in [1.29, 1.82) is 0 Å². The van der Waals surface area contributed by atoms with Gasteiger partial charge in [0.15, 0.2) is 5.11 Å². The van der Waals surface area contributed by atoms with E-state index in [0.717, 1.165) is 18.9 Å². The second-order valence-corrected chi connectivity index (χ2v) is 7.48. The van der Waals surface area contributed by atoms with Gasteiger partial charge in [0, 0.05) is 9.13 Å². The summed E-state index contributed by atoms with van der Waals surface area (Å²) in [4.78, 5) is 12.3. The van der Waals surface area contributed by atoms with Gasteiger partial charge in [0.2, 0.25) is 0 Å². The number of rotatable bonds is 6. The lowest BCUT2D eigenvalue weighted by molar-refractivity contribution is -0.137. The molecule has 0 atom stereocenters. The van der Waals surface area contributed by atoms with Gasteiger partial charge >= 0.3 is 6.18 Å². The van der Waals surface area contributed by atoms with Gasteiger partial charge in [-0.25, -0.2) is 0 Å². The molecule has 2 aromatic rings. The van der Waals surface area contributed by atoms with Crippen molar-refractivity contribution in [3.63, 3.8) is 0 Å². The molecule has 2 N–H and O–H groups in total. The Balaban J connectivity index is 2.01. The molecule has 0 aliphatic carbocycles. The third kappa shape index (κ3) is 6.62. The first kappa shape index (κ1) is 22.4. The Kier molecular flexibility index (Phi) is 8.05. The number of carbonyl (C=O) groups is 1. The minimum Gasteiger partial charge on any atom is -0.494 e. The highest BCUT2D eigenvalue weighted by molar-refractivity contribution is 14.1. The molecule has 0 unspecified atom stereocenters. The van der Waals surface area contributed by atoms with E-state index in [-0.39, 0.29) is 10.8 Å². The van der Waals surface area contributed by atoms with Crippen molar-refractivity contribution in [2.75, 3.05) is 11.9 Å². The average molecular weight is 522 g/mol. The van der Waals surface area contributed by atoms with Crippen LogP contribution in [0.25, 0.3) is 0 Å². The lowest BCUT2D eigenvalue weighted by atomic mass is 10.1. The zero-order valence-corrected chi connectivity index (χ0v) is 17.9. The first-order chi connectivity index (χ1) is 13.2. The van der Waals surface area contributed by atoms with Crippen molar-refractivity contribution in [1.82, 2.24) is 5.32 Å². The van der Waals surface area contributed by atoms with Gasteiger partial charge in [-0.05, 0) is 83.7 Å². The molecule has 1 amide bonds. The minimum atomic E-state index is -4.54. The molecule has 0 aliphatic heterocycles. The Bertz CT molecular complexity index is 842. The van der Waals surface area contributed by atoms with Crippen LogP contribution in [0.5, 0.6) is 5.75 Å². The number of anilines is 1. The monoisotopic (exact) mass is 522 g/mol. The second kappa shape index (κ2) is 10.1. The fourth-order valence-electron chi connectivity index (χ4n) is 2.23. The molecule has 150 valence electrons. The first-order valence-corrected chi connectivity index (χ1v) is 9.91. The van der Waals surface area contributed by atoms with Gasteiger partial charge in [0.05, 0.1) is 17.9 Å². The summed E-state index contributed by atoms with van der Waals surface area (Å²) in [5.74, 6) is 0.107. The molecule has 9 heteroatoms. The molecule has 0 spiro atoms. The molecular formula is C19H18F3IN2O2S. The van der Waals surface area contributed by atoms with Crippen LogP contribution in [-0.2, 0) is 6.18 Å². The number of carbonyl (C=O) groups excluding carboxylic acids is 1. The highest BCUT2D eigenvalue weighted by Gasteiger charge is 2.34. The summed E-state index contributed by atoms with van der Waals surface area (Å²) in [7, 11) is 0. The van der Waals surface area contributed by atoms with E-state index in [1.54, 1.807) is 46.9 Å². The van der Waals surface area contributed by atoms with Gasteiger partial charge in [-0.1, -0.05) is 13.3 Å². The summed E-state index contributed by atoms with van der Waals surface area (Å²) < 4.78 is 45.5. The fraction of sp³-hybridized carbons (Fsp3) is 0.263. The van der Waals surface area contributed by atoms with Crippen LogP contribution in [0, 0.1) is 3.57 Å². The van der Waals surface area contributed by atoms with Gasteiger partial charge in [-0.3, -0.25) is 10.1 Å². The molecule has 0 saturated carbocycles. The van der Waals surface area contributed by atoms with Crippen molar-refractivity contribution in [3.8, 4) is 5.75 Å². The zero-order valence-electron chi connectivity index (χ0n) is 14.9. The predicted octanol–water partition coefficient (Wildman–Crippen LogP) is 5.62. The number of amides is 1. The Morgan fingerprint density at radius 1 is 1.18 bits per heavy atom. The second-order valence-electron chi connectivity index (χ2n) is 5.82. The smallest absolute Gasteiger partial charge is 0.418 e. The number of thiocarbonyl (C=S) groups is 1. The number of alkyl halides is 3. The normalized spacial score (nSPS) is 11.0. The lowest BCUT2D eigenvalue weighted by Crippen LogP contribution is -2.34. The number of benzene rings is 2. The summed E-state index contributed by atoms with van der Waals surface area (Å²) in [5, 5.41) is 4.60. The molecule has 28 heavy (non-hydrogen) atoms. The van der Waals surface area contributed by atoms with E-state index in [2.05, 4.69) is 17.6 Å². The van der Waals surface area contributed by atoms with Crippen LogP contribution in [0.4, 0.5) is 18.9 Å². The SMILES string of the molecule is CCCCOc1ccc(C(=O)NC(=S)Nc2ccc(I)cc2C(F)(F)F)cc1. The molecule has 0 radical (unpaired) electrons. The molecule has 0 saturated heterocycles. The van der Waals surface area contributed by atoms with Crippen LogP contribution < -0.4 is 15.4 Å². The number of unbranched alkanes of at least 4 members (excludes halogenated alkanes) is 1. The van der Waals surface area contributed by atoms with Crippen LogP contribution in [0.15, 0.2) is 42.5 Å². The van der Waals surface area contributed by atoms with E-state index in [1.165, 1.54) is 12.1 Å². The van der Waals surface area contributed by atoms with Crippen LogP contribution in [-0.4, -0.2) is 17.6 Å².